The molecule has 0 aromatic rings. The number of urea groups is 1. The molecule has 1 N–H and O–H groups in total. The molecule has 0 aromatic heterocycles. The number of imide groups is 2. The van der Waals surface area contributed by atoms with Gasteiger partial charge in [0.25, 0.3) is 0 Å². The van der Waals surface area contributed by atoms with Crippen LogP contribution in [0.5, 0.6) is 0 Å². The van der Waals surface area contributed by atoms with E-state index in [1.54, 1.807) is 6.92 Å². The molecular weight excluding hydrogens is 244 g/mol. The summed E-state index contributed by atoms with van der Waals surface area (Å²) in [6.45, 7) is 1.66. The summed E-state index contributed by atoms with van der Waals surface area (Å²) in [4.78, 5) is 36.3. The first kappa shape index (κ1) is 12.2. The molecule has 1 aliphatic heterocycles. The first-order valence-electron chi connectivity index (χ1n) is 5.37. The second kappa shape index (κ2) is 3.90. The highest BCUT2D eigenvalue weighted by Crippen LogP contribution is 2.49. The lowest BCUT2D eigenvalue weighted by atomic mass is 10.0. The summed E-state index contributed by atoms with van der Waals surface area (Å²) in [5, 5.41) is 2.19. The van der Waals surface area contributed by atoms with Crippen LogP contribution in [0.4, 0.5) is 4.79 Å². The SMILES string of the molecule is CC(CS(C)=O)N1C(=O)NC(=O)C2(CC2)C1=O. The van der Waals surface area contributed by atoms with Gasteiger partial charge in [0.05, 0.1) is 6.04 Å². The van der Waals surface area contributed by atoms with Crippen LogP contribution in [0.3, 0.4) is 0 Å². The minimum atomic E-state index is -1.10. The van der Waals surface area contributed by atoms with E-state index in [1.807, 2.05) is 0 Å². The van der Waals surface area contributed by atoms with Gasteiger partial charge in [0.1, 0.15) is 5.41 Å². The normalized spacial score (nSPS) is 25.8. The van der Waals surface area contributed by atoms with Crippen molar-refractivity contribution >= 4 is 28.6 Å². The average Bonchev–Trinajstić information content (AvgIpc) is 2.94. The van der Waals surface area contributed by atoms with E-state index in [0.717, 1.165) is 4.90 Å². The molecule has 2 rings (SSSR count). The first-order valence-corrected chi connectivity index (χ1v) is 7.10. The number of amides is 4. The van der Waals surface area contributed by atoms with Gasteiger partial charge in [-0.1, -0.05) is 0 Å². The summed E-state index contributed by atoms with van der Waals surface area (Å²) in [5.41, 5.74) is -1.02. The molecule has 94 valence electrons. The Hall–Kier alpha value is -1.24. The zero-order chi connectivity index (χ0) is 12.8. The van der Waals surface area contributed by atoms with Crippen LogP contribution in [0.25, 0.3) is 0 Å². The van der Waals surface area contributed by atoms with Crippen LogP contribution in [-0.2, 0) is 20.4 Å². The molecule has 7 heteroatoms. The molecule has 2 aliphatic rings. The largest absolute Gasteiger partial charge is 0.331 e. The van der Waals surface area contributed by atoms with Crippen molar-refractivity contribution in [3.63, 3.8) is 0 Å². The van der Waals surface area contributed by atoms with Gasteiger partial charge in [-0.25, -0.2) is 4.79 Å². The second-order valence-corrected chi connectivity index (χ2v) is 6.09. The van der Waals surface area contributed by atoms with E-state index < -0.39 is 40.1 Å². The number of nitrogens with zero attached hydrogens (tertiary/aromatic N) is 1. The van der Waals surface area contributed by atoms with Gasteiger partial charge in [-0.3, -0.25) is 24.0 Å². The third-order valence-corrected chi connectivity index (χ3v) is 4.12. The highest BCUT2D eigenvalue weighted by molar-refractivity contribution is 7.84. The fraction of sp³-hybridized carbons (Fsp3) is 0.700. The quantitative estimate of drug-likeness (QED) is 0.699. The number of hydrogen-bond acceptors (Lipinski definition) is 4. The summed E-state index contributed by atoms with van der Waals surface area (Å²) in [6, 6.07) is -1.16. The van der Waals surface area contributed by atoms with Crippen molar-refractivity contribution in [1.82, 2.24) is 10.2 Å². The zero-order valence-corrected chi connectivity index (χ0v) is 10.5. The van der Waals surface area contributed by atoms with Crippen molar-refractivity contribution in [1.29, 1.82) is 0 Å². The maximum atomic E-state index is 12.1. The molecule has 2 fully saturated rings. The Morgan fingerprint density at radius 1 is 1.41 bits per heavy atom. The number of nitrogens with one attached hydrogen (secondary N) is 1. The summed E-state index contributed by atoms with van der Waals surface area (Å²) >= 11 is 0. The van der Waals surface area contributed by atoms with Crippen molar-refractivity contribution in [2.45, 2.75) is 25.8 Å². The summed E-state index contributed by atoms with van der Waals surface area (Å²) in [5.74, 6) is -0.707. The van der Waals surface area contributed by atoms with Crippen molar-refractivity contribution < 1.29 is 18.6 Å². The van der Waals surface area contributed by atoms with E-state index >= 15 is 0 Å². The smallest absolute Gasteiger partial charge is 0.277 e. The van der Waals surface area contributed by atoms with Crippen LogP contribution in [-0.4, -0.2) is 45.0 Å². The molecule has 1 aliphatic carbocycles. The lowest BCUT2D eigenvalue weighted by Crippen LogP contribution is -2.62. The van der Waals surface area contributed by atoms with Gasteiger partial charge in [-0.2, -0.15) is 0 Å². The molecular formula is C10H14N2O4S. The van der Waals surface area contributed by atoms with Gasteiger partial charge in [0.15, 0.2) is 0 Å². The zero-order valence-electron chi connectivity index (χ0n) is 9.69. The van der Waals surface area contributed by atoms with Crippen molar-refractivity contribution in [3.05, 3.63) is 0 Å². The number of barbiturate groups is 1. The van der Waals surface area contributed by atoms with Gasteiger partial charge < -0.3 is 0 Å². The molecule has 1 saturated heterocycles. The lowest BCUT2D eigenvalue weighted by molar-refractivity contribution is -0.145. The standard InChI is InChI=1S/C10H14N2O4S/c1-6(5-17(2)16)12-8(14)10(3-4-10)7(13)11-9(12)15/h6H,3-5H2,1-2H3,(H,11,13,15). The van der Waals surface area contributed by atoms with Crippen LogP contribution in [0.2, 0.25) is 0 Å². The third-order valence-electron chi connectivity index (χ3n) is 3.17. The second-order valence-electron chi connectivity index (χ2n) is 4.61. The van der Waals surface area contributed by atoms with Crippen LogP contribution in [0.1, 0.15) is 19.8 Å². The Kier molecular flexibility index (Phi) is 2.81. The van der Waals surface area contributed by atoms with Gasteiger partial charge >= 0.3 is 6.03 Å². The third kappa shape index (κ3) is 1.88. The van der Waals surface area contributed by atoms with Crippen molar-refractivity contribution in [3.8, 4) is 0 Å². The van der Waals surface area contributed by atoms with E-state index in [-0.39, 0.29) is 5.75 Å². The first-order chi connectivity index (χ1) is 7.88. The molecule has 1 heterocycles. The van der Waals surface area contributed by atoms with Gasteiger partial charge in [-0.15, -0.1) is 0 Å². The number of hydrogen-bond donors (Lipinski definition) is 1. The molecule has 2 atom stereocenters. The number of carbonyl (C=O) groups is 3. The van der Waals surface area contributed by atoms with E-state index in [1.165, 1.54) is 6.26 Å². The maximum Gasteiger partial charge on any atom is 0.331 e. The van der Waals surface area contributed by atoms with Crippen LogP contribution < -0.4 is 5.32 Å². The van der Waals surface area contributed by atoms with Gasteiger partial charge in [0.2, 0.25) is 11.8 Å². The van der Waals surface area contributed by atoms with E-state index in [2.05, 4.69) is 5.32 Å². The molecule has 0 aromatic carbocycles. The highest BCUT2D eigenvalue weighted by atomic mass is 32.2. The van der Waals surface area contributed by atoms with Gasteiger partial charge in [-0.05, 0) is 19.8 Å². The summed E-state index contributed by atoms with van der Waals surface area (Å²) < 4.78 is 11.1. The Labute approximate surface area is 101 Å². The molecule has 17 heavy (non-hydrogen) atoms. The predicted octanol–water partition coefficient (Wildman–Crippen LogP) is -0.388. The Morgan fingerprint density at radius 3 is 2.47 bits per heavy atom. The van der Waals surface area contributed by atoms with Crippen LogP contribution >= 0.6 is 0 Å². The minimum Gasteiger partial charge on any atom is -0.277 e. The molecule has 0 bridgehead atoms. The predicted molar refractivity (Wildman–Crippen MR) is 60.4 cm³/mol. The van der Waals surface area contributed by atoms with Crippen LogP contribution in [0.15, 0.2) is 0 Å². The lowest BCUT2D eigenvalue weighted by Gasteiger charge is -2.34. The monoisotopic (exact) mass is 258 g/mol. The van der Waals surface area contributed by atoms with E-state index in [4.69, 9.17) is 0 Å². The highest BCUT2D eigenvalue weighted by Gasteiger charge is 2.62. The average molecular weight is 258 g/mol. The molecule has 0 radical (unpaired) electrons. The summed E-state index contributed by atoms with van der Waals surface area (Å²) in [7, 11) is -1.10. The Bertz CT molecular complexity index is 430. The van der Waals surface area contributed by atoms with Crippen LogP contribution in [0, 0.1) is 5.41 Å². The Morgan fingerprint density at radius 2 is 2.00 bits per heavy atom. The van der Waals surface area contributed by atoms with Gasteiger partial charge in [0, 0.05) is 22.8 Å². The van der Waals surface area contributed by atoms with E-state index in [9.17, 15) is 18.6 Å². The maximum absolute atomic E-state index is 12.1. The number of rotatable bonds is 3. The topological polar surface area (TPSA) is 83.6 Å². The summed E-state index contributed by atoms with van der Waals surface area (Å²) in [6.07, 6.45) is 2.49. The molecule has 1 spiro atoms. The fourth-order valence-corrected chi connectivity index (χ4v) is 2.91. The van der Waals surface area contributed by atoms with E-state index in [0.29, 0.717) is 12.8 Å². The van der Waals surface area contributed by atoms with Crippen molar-refractivity contribution in [2.24, 2.45) is 5.41 Å². The molecule has 1 saturated carbocycles. The molecule has 6 nitrogen and oxygen atoms in total. The Balaban J connectivity index is 2.21. The fourth-order valence-electron chi connectivity index (χ4n) is 2.08. The molecule has 4 amide bonds. The van der Waals surface area contributed by atoms with Crippen molar-refractivity contribution in [2.75, 3.05) is 12.0 Å². The number of carbonyl (C=O) groups excluding carboxylic acids is 3. The molecule has 2 unspecified atom stereocenters. The minimum absolute atomic E-state index is 0.226.